The summed E-state index contributed by atoms with van der Waals surface area (Å²) in [7, 11) is 2.16. The zero-order valence-electron chi connectivity index (χ0n) is 16.8. The van der Waals surface area contributed by atoms with E-state index in [1.165, 1.54) is 5.69 Å². The quantitative estimate of drug-likeness (QED) is 0.715. The molecule has 1 aliphatic rings. The van der Waals surface area contributed by atoms with Gasteiger partial charge in [0, 0.05) is 37.6 Å². The lowest BCUT2D eigenvalue weighted by Crippen LogP contribution is -2.44. The molecule has 0 bridgehead atoms. The molecular formula is C25H27N3O. The number of rotatable bonds is 5. The fraction of sp³-hybridized carbons (Fsp3) is 0.240. The van der Waals surface area contributed by atoms with E-state index in [9.17, 15) is 4.79 Å². The molecule has 0 saturated carbocycles. The van der Waals surface area contributed by atoms with Crippen molar-refractivity contribution in [2.75, 3.05) is 43.4 Å². The van der Waals surface area contributed by atoms with Crippen LogP contribution in [0.3, 0.4) is 0 Å². The van der Waals surface area contributed by atoms with Gasteiger partial charge in [0.05, 0.1) is 5.92 Å². The Morgan fingerprint density at radius 1 is 0.759 bits per heavy atom. The van der Waals surface area contributed by atoms with Crippen molar-refractivity contribution in [2.45, 2.75) is 5.92 Å². The molecule has 29 heavy (non-hydrogen) atoms. The second-order valence-corrected chi connectivity index (χ2v) is 7.58. The molecule has 4 heteroatoms. The Bertz CT molecular complexity index is 878. The summed E-state index contributed by atoms with van der Waals surface area (Å²) in [6.45, 7) is 4.22. The molecule has 148 valence electrons. The van der Waals surface area contributed by atoms with Crippen molar-refractivity contribution in [2.24, 2.45) is 0 Å². The highest BCUT2D eigenvalue weighted by atomic mass is 16.1. The van der Waals surface area contributed by atoms with Crippen LogP contribution in [-0.2, 0) is 4.79 Å². The molecule has 0 aliphatic carbocycles. The van der Waals surface area contributed by atoms with Crippen LogP contribution in [0.1, 0.15) is 17.0 Å². The standard InChI is InChI=1S/C25H27N3O/c1-27-16-18-28(19-17-27)23-14-12-22(13-15-23)26-25(29)24(20-8-4-2-5-9-20)21-10-6-3-7-11-21/h2-15,24H,16-19H2,1H3,(H,26,29). The number of carbonyl (C=O) groups is 1. The first-order valence-corrected chi connectivity index (χ1v) is 10.1. The van der Waals surface area contributed by atoms with Crippen LogP contribution in [0.4, 0.5) is 11.4 Å². The number of carbonyl (C=O) groups excluding carboxylic acids is 1. The maximum atomic E-state index is 13.2. The zero-order chi connectivity index (χ0) is 20.1. The molecule has 1 heterocycles. The number of nitrogens with zero attached hydrogens (tertiary/aromatic N) is 2. The second kappa shape index (κ2) is 8.93. The molecule has 1 amide bonds. The molecular weight excluding hydrogens is 358 g/mol. The van der Waals surface area contributed by atoms with E-state index in [1.807, 2.05) is 72.8 Å². The van der Waals surface area contributed by atoms with Gasteiger partial charge in [0.15, 0.2) is 0 Å². The molecule has 0 unspecified atom stereocenters. The summed E-state index contributed by atoms with van der Waals surface area (Å²) in [4.78, 5) is 17.9. The van der Waals surface area contributed by atoms with E-state index >= 15 is 0 Å². The van der Waals surface area contributed by atoms with Crippen LogP contribution in [0.5, 0.6) is 0 Å². The lowest BCUT2D eigenvalue weighted by molar-refractivity contribution is -0.116. The summed E-state index contributed by atoms with van der Waals surface area (Å²) < 4.78 is 0. The Balaban J connectivity index is 1.50. The third kappa shape index (κ3) is 4.66. The van der Waals surface area contributed by atoms with E-state index in [0.717, 1.165) is 43.0 Å². The maximum Gasteiger partial charge on any atom is 0.236 e. The Kier molecular flexibility index (Phi) is 5.92. The van der Waals surface area contributed by atoms with Crippen molar-refractivity contribution in [3.63, 3.8) is 0 Å². The van der Waals surface area contributed by atoms with Gasteiger partial charge in [-0.3, -0.25) is 4.79 Å². The molecule has 4 nitrogen and oxygen atoms in total. The van der Waals surface area contributed by atoms with Crippen LogP contribution >= 0.6 is 0 Å². The topological polar surface area (TPSA) is 35.6 Å². The Labute approximate surface area is 172 Å². The van der Waals surface area contributed by atoms with Crippen molar-refractivity contribution < 1.29 is 4.79 Å². The average Bonchev–Trinajstić information content (AvgIpc) is 2.77. The van der Waals surface area contributed by atoms with E-state index in [1.54, 1.807) is 0 Å². The van der Waals surface area contributed by atoms with Crippen LogP contribution < -0.4 is 10.2 Å². The average molecular weight is 386 g/mol. The van der Waals surface area contributed by atoms with Crippen molar-refractivity contribution in [1.82, 2.24) is 4.90 Å². The van der Waals surface area contributed by atoms with Crippen molar-refractivity contribution in [1.29, 1.82) is 0 Å². The number of benzene rings is 3. The summed E-state index contributed by atoms with van der Waals surface area (Å²) >= 11 is 0. The van der Waals surface area contributed by atoms with E-state index in [2.05, 4.69) is 34.3 Å². The van der Waals surface area contributed by atoms with Crippen molar-refractivity contribution in [3.05, 3.63) is 96.1 Å². The first-order valence-electron chi connectivity index (χ1n) is 10.1. The molecule has 1 aliphatic heterocycles. The highest BCUT2D eigenvalue weighted by Crippen LogP contribution is 2.27. The number of anilines is 2. The van der Waals surface area contributed by atoms with Gasteiger partial charge in [-0.2, -0.15) is 0 Å². The monoisotopic (exact) mass is 385 g/mol. The molecule has 0 radical (unpaired) electrons. The van der Waals surface area contributed by atoms with Gasteiger partial charge in [-0.15, -0.1) is 0 Å². The summed E-state index contributed by atoms with van der Waals surface area (Å²) in [6.07, 6.45) is 0. The Morgan fingerprint density at radius 3 is 1.79 bits per heavy atom. The minimum atomic E-state index is -0.338. The van der Waals surface area contributed by atoms with Crippen molar-refractivity contribution >= 4 is 17.3 Å². The minimum Gasteiger partial charge on any atom is -0.369 e. The van der Waals surface area contributed by atoms with Crippen LogP contribution in [0.15, 0.2) is 84.9 Å². The highest BCUT2D eigenvalue weighted by molar-refractivity contribution is 5.98. The van der Waals surface area contributed by atoms with E-state index < -0.39 is 0 Å². The SMILES string of the molecule is CN1CCN(c2ccc(NC(=O)C(c3ccccc3)c3ccccc3)cc2)CC1. The number of piperazine rings is 1. The fourth-order valence-corrected chi connectivity index (χ4v) is 3.82. The van der Waals surface area contributed by atoms with Gasteiger partial charge >= 0.3 is 0 Å². The molecule has 0 aromatic heterocycles. The lowest BCUT2D eigenvalue weighted by atomic mass is 9.90. The molecule has 0 spiro atoms. The first kappa shape index (κ1) is 19.2. The Morgan fingerprint density at radius 2 is 1.28 bits per heavy atom. The van der Waals surface area contributed by atoms with Gasteiger partial charge in [0.1, 0.15) is 0 Å². The van der Waals surface area contributed by atoms with Gasteiger partial charge in [0.2, 0.25) is 5.91 Å². The first-order chi connectivity index (χ1) is 14.2. The lowest BCUT2D eigenvalue weighted by Gasteiger charge is -2.34. The van der Waals surface area contributed by atoms with Gasteiger partial charge < -0.3 is 15.1 Å². The predicted molar refractivity (Wildman–Crippen MR) is 120 cm³/mol. The van der Waals surface area contributed by atoms with Crippen molar-refractivity contribution in [3.8, 4) is 0 Å². The Hall–Kier alpha value is -3.11. The largest absolute Gasteiger partial charge is 0.369 e. The fourth-order valence-electron chi connectivity index (χ4n) is 3.82. The summed E-state index contributed by atoms with van der Waals surface area (Å²) in [5, 5.41) is 3.11. The summed E-state index contributed by atoms with van der Waals surface area (Å²) in [6, 6.07) is 28.1. The molecule has 1 fully saturated rings. The molecule has 0 atom stereocenters. The maximum absolute atomic E-state index is 13.2. The number of amides is 1. The van der Waals surface area contributed by atoms with Crippen LogP contribution in [-0.4, -0.2) is 44.0 Å². The minimum absolute atomic E-state index is 0.0188. The third-order valence-electron chi connectivity index (χ3n) is 5.53. The summed E-state index contributed by atoms with van der Waals surface area (Å²) in [5.41, 5.74) is 4.01. The van der Waals surface area contributed by atoms with E-state index in [4.69, 9.17) is 0 Å². The van der Waals surface area contributed by atoms with Crippen LogP contribution in [0.25, 0.3) is 0 Å². The van der Waals surface area contributed by atoms with Crippen LogP contribution in [0, 0.1) is 0 Å². The van der Waals surface area contributed by atoms with Gasteiger partial charge in [-0.25, -0.2) is 0 Å². The zero-order valence-corrected chi connectivity index (χ0v) is 16.8. The molecule has 4 rings (SSSR count). The van der Waals surface area contributed by atoms with E-state index in [-0.39, 0.29) is 11.8 Å². The molecule has 1 N–H and O–H groups in total. The normalized spacial score (nSPS) is 14.8. The van der Waals surface area contributed by atoms with E-state index in [0.29, 0.717) is 0 Å². The van der Waals surface area contributed by atoms with Crippen LogP contribution in [0.2, 0.25) is 0 Å². The predicted octanol–water partition coefficient (Wildman–Crippen LogP) is 4.21. The van der Waals surface area contributed by atoms with Gasteiger partial charge in [-0.1, -0.05) is 60.7 Å². The second-order valence-electron chi connectivity index (χ2n) is 7.58. The number of hydrogen-bond acceptors (Lipinski definition) is 3. The van der Waals surface area contributed by atoms with Gasteiger partial charge in [0.25, 0.3) is 0 Å². The smallest absolute Gasteiger partial charge is 0.236 e. The number of hydrogen-bond donors (Lipinski definition) is 1. The molecule has 1 saturated heterocycles. The number of likely N-dealkylation sites (N-methyl/N-ethyl adjacent to an activating group) is 1. The van der Waals surface area contributed by atoms with Gasteiger partial charge in [-0.05, 0) is 42.4 Å². The highest BCUT2D eigenvalue weighted by Gasteiger charge is 2.22. The molecule has 3 aromatic rings. The number of nitrogens with one attached hydrogen (secondary N) is 1. The molecule has 3 aromatic carbocycles. The third-order valence-corrected chi connectivity index (χ3v) is 5.53. The summed E-state index contributed by atoms with van der Waals surface area (Å²) in [5.74, 6) is -0.357.